The molecule has 2 N–H and O–H groups in total. The van der Waals surface area contributed by atoms with Crippen molar-refractivity contribution in [2.75, 3.05) is 24.2 Å². The van der Waals surface area contributed by atoms with E-state index in [1.807, 2.05) is 0 Å². The van der Waals surface area contributed by atoms with Crippen molar-refractivity contribution < 1.29 is 9.53 Å². The molecule has 1 aromatic heterocycles. The third kappa shape index (κ3) is 5.89. The van der Waals surface area contributed by atoms with Gasteiger partial charge in [-0.2, -0.15) is 0 Å². The zero-order chi connectivity index (χ0) is 16.6. The predicted octanol–water partition coefficient (Wildman–Crippen LogP) is 3.06. The standard InChI is InChI=1S/C16H26N4O2S2/c21-14(18-12-6-3-1-2-4-7-12)11-23-16-20-19-15(24-16)17-10-13-8-5-9-22-13/h12-13H,1-11H2,(H,17,19)(H,18,21). The van der Waals surface area contributed by atoms with Crippen molar-refractivity contribution in [1.82, 2.24) is 15.5 Å². The van der Waals surface area contributed by atoms with Gasteiger partial charge in [0.1, 0.15) is 0 Å². The molecule has 24 heavy (non-hydrogen) atoms. The Bertz CT molecular complexity index is 512. The van der Waals surface area contributed by atoms with Crippen LogP contribution in [0.5, 0.6) is 0 Å². The van der Waals surface area contributed by atoms with Crippen LogP contribution in [-0.4, -0.2) is 47.2 Å². The summed E-state index contributed by atoms with van der Waals surface area (Å²) in [4.78, 5) is 12.1. The number of hydrogen-bond acceptors (Lipinski definition) is 7. The van der Waals surface area contributed by atoms with Crippen LogP contribution in [-0.2, 0) is 9.53 Å². The number of carbonyl (C=O) groups excluding carboxylic acids is 1. The van der Waals surface area contributed by atoms with Crippen LogP contribution in [0.4, 0.5) is 5.13 Å². The van der Waals surface area contributed by atoms with Crippen LogP contribution in [0.15, 0.2) is 4.34 Å². The summed E-state index contributed by atoms with van der Waals surface area (Å²) in [6, 6.07) is 0.360. The minimum atomic E-state index is 0.107. The Labute approximate surface area is 151 Å². The molecule has 2 fully saturated rings. The number of anilines is 1. The summed E-state index contributed by atoms with van der Waals surface area (Å²) in [5.41, 5.74) is 0. The summed E-state index contributed by atoms with van der Waals surface area (Å²) in [6.07, 6.45) is 9.83. The van der Waals surface area contributed by atoms with Gasteiger partial charge in [0.25, 0.3) is 0 Å². The van der Waals surface area contributed by atoms with E-state index < -0.39 is 0 Å². The number of nitrogens with one attached hydrogen (secondary N) is 2. The molecule has 1 aliphatic heterocycles. The number of thioether (sulfide) groups is 1. The Morgan fingerprint density at radius 3 is 2.75 bits per heavy atom. The third-order valence-corrected chi connectivity index (χ3v) is 6.47. The molecule has 6 nitrogen and oxygen atoms in total. The lowest BCUT2D eigenvalue weighted by Gasteiger charge is -2.15. The molecule has 3 rings (SSSR count). The van der Waals surface area contributed by atoms with Crippen LogP contribution < -0.4 is 10.6 Å². The Morgan fingerprint density at radius 1 is 1.17 bits per heavy atom. The minimum Gasteiger partial charge on any atom is -0.376 e. The maximum Gasteiger partial charge on any atom is 0.230 e. The summed E-state index contributed by atoms with van der Waals surface area (Å²) in [7, 11) is 0. The van der Waals surface area contributed by atoms with Gasteiger partial charge in [0.15, 0.2) is 4.34 Å². The van der Waals surface area contributed by atoms with Crippen molar-refractivity contribution in [2.45, 2.75) is 67.9 Å². The van der Waals surface area contributed by atoms with Crippen LogP contribution in [0.25, 0.3) is 0 Å². The van der Waals surface area contributed by atoms with E-state index in [0.717, 1.165) is 48.3 Å². The van der Waals surface area contributed by atoms with E-state index in [4.69, 9.17) is 4.74 Å². The molecule has 0 aromatic carbocycles. The van der Waals surface area contributed by atoms with E-state index in [1.54, 1.807) is 0 Å². The van der Waals surface area contributed by atoms with E-state index in [0.29, 0.717) is 11.8 Å². The zero-order valence-electron chi connectivity index (χ0n) is 14.0. The number of hydrogen-bond donors (Lipinski definition) is 2. The number of ether oxygens (including phenoxy) is 1. The highest BCUT2D eigenvalue weighted by molar-refractivity contribution is 8.01. The first-order valence-corrected chi connectivity index (χ1v) is 10.7. The Morgan fingerprint density at radius 2 is 2.00 bits per heavy atom. The predicted molar refractivity (Wildman–Crippen MR) is 97.7 cm³/mol. The fourth-order valence-electron chi connectivity index (χ4n) is 3.17. The number of nitrogens with zero attached hydrogens (tertiary/aromatic N) is 2. The highest BCUT2D eigenvalue weighted by Crippen LogP contribution is 2.26. The summed E-state index contributed by atoms with van der Waals surface area (Å²) in [5.74, 6) is 0.521. The van der Waals surface area contributed by atoms with Crippen molar-refractivity contribution in [2.24, 2.45) is 0 Å². The summed E-state index contributed by atoms with van der Waals surface area (Å²) < 4.78 is 6.41. The number of amides is 1. The van der Waals surface area contributed by atoms with Gasteiger partial charge in [-0.3, -0.25) is 4.79 Å². The van der Waals surface area contributed by atoms with Gasteiger partial charge in [-0.05, 0) is 25.7 Å². The quantitative estimate of drug-likeness (QED) is 0.567. The van der Waals surface area contributed by atoms with Gasteiger partial charge < -0.3 is 15.4 Å². The first-order valence-electron chi connectivity index (χ1n) is 8.91. The monoisotopic (exact) mass is 370 g/mol. The maximum atomic E-state index is 12.1. The van der Waals surface area contributed by atoms with Crippen molar-refractivity contribution >= 4 is 34.1 Å². The summed E-state index contributed by atoms with van der Waals surface area (Å²) >= 11 is 2.96. The van der Waals surface area contributed by atoms with Gasteiger partial charge in [-0.1, -0.05) is 48.8 Å². The van der Waals surface area contributed by atoms with Gasteiger partial charge in [-0.25, -0.2) is 0 Å². The average Bonchev–Trinajstić information content (AvgIpc) is 3.19. The molecule has 1 saturated heterocycles. The minimum absolute atomic E-state index is 0.107. The topological polar surface area (TPSA) is 76.1 Å². The van der Waals surface area contributed by atoms with E-state index in [-0.39, 0.29) is 12.0 Å². The largest absolute Gasteiger partial charge is 0.376 e. The average molecular weight is 371 g/mol. The van der Waals surface area contributed by atoms with Crippen molar-refractivity contribution in [3.63, 3.8) is 0 Å². The Hall–Kier alpha value is -0.860. The van der Waals surface area contributed by atoms with Gasteiger partial charge in [0, 0.05) is 19.2 Å². The van der Waals surface area contributed by atoms with Crippen LogP contribution in [0.3, 0.4) is 0 Å². The van der Waals surface area contributed by atoms with E-state index in [9.17, 15) is 4.79 Å². The summed E-state index contributed by atoms with van der Waals surface area (Å²) in [6.45, 7) is 1.64. The molecule has 1 aliphatic carbocycles. The molecule has 1 amide bonds. The second-order valence-electron chi connectivity index (χ2n) is 6.43. The SMILES string of the molecule is O=C(CSc1nnc(NCC2CCCO2)s1)NC1CCCCCC1. The van der Waals surface area contributed by atoms with Gasteiger partial charge >= 0.3 is 0 Å². The summed E-state index contributed by atoms with van der Waals surface area (Å²) in [5, 5.41) is 15.5. The highest BCUT2D eigenvalue weighted by Gasteiger charge is 2.17. The number of carbonyl (C=O) groups is 1. The lowest BCUT2D eigenvalue weighted by atomic mass is 10.1. The molecule has 0 spiro atoms. The molecule has 0 radical (unpaired) electrons. The highest BCUT2D eigenvalue weighted by atomic mass is 32.2. The molecular formula is C16H26N4O2S2. The molecule has 134 valence electrons. The zero-order valence-corrected chi connectivity index (χ0v) is 15.6. The maximum absolute atomic E-state index is 12.1. The molecular weight excluding hydrogens is 344 g/mol. The number of rotatable bonds is 7. The molecule has 1 aromatic rings. The van der Waals surface area contributed by atoms with Crippen LogP contribution in [0.2, 0.25) is 0 Å². The van der Waals surface area contributed by atoms with E-state index in [1.165, 1.54) is 48.8 Å². The van der Waals surface area contributed by atoms with Gasteiger partial charge in [-0.15, -0.1) is 10.2 Å². The second kappa shape index (κ2) is 9.58. The van der Waals surface area contributed by atoms with Crippen LogP contribution in [0, 0.1) is 0 Å². The van der Waals surface area contributed by atoms with Crippen molar-refractivity contribution in [3.05, 3.63) is 0 Å². The smallest absolute Gasteiger partial charge is 0.230 e. The fraction of sp³-hybridized carbons (Fsp3) is 0.812. The lowest BCUT2D eigenvalue weighted by Crippen LogP contribution is -2.35. The van der Waals surface area contributed by atoms with Gasteiger partial charge in [0.2, 0.25) is 11.0 Å². The first kappa shape index (κ1) is 17.9. The van der Waals surface area contributed by atoms with Crippen molar-refractivity contribution in [3.8, 4) is 0 Å². The number of aromatic nitrogens is 2. The molecule has 1 atom stereocenters. The fourth-order valence-corrected chi connectivity index (χ4v) is 4.74. The van der Waals surface area contributed by atoms with Crippen LogP contribution >= 0.6 is 23.1 Å². The van der Waals surface area contributed by atoms with Crippen LogP contribution in [0.1, 0.15) is 51.4 Å². The molecule has 2 aliphatic rings. The molecule has 8 heteroatoms. The Kier molecular flexibility index (Phi) is 7.16. The normalized spacial score (nSPS) is 22.2. The molecule has 2 heterocycles. The lowest BCUT2D eigenvalue weighted by molar-refractivity contribution is -0.119. The molecule has 0 bridgehead atoms. The molecule has 1 saturated carbocycles. The van der Waals surface area contributed by atoms with E-state index >= 15 is 0 Å². The van der Waals surface area contributed by atoms with Gasteiger partial charge in [0.05, 0.1) is 11.9 Å². The van der Waals surface area contributed by atoms with E-state index in [2.05, 4.69) is 20.8 Å². The third-order valence-electron chi connectivity index (χ3n) is 4.46. The second-order valence-corrected chi connectivity index (χ2v) is 8.63. The molecule has 1 unspecified atom stereocenters. The first-order chi connectivity index (χ1) is 11.8. The van der Waals surface area contributed by atoms with Crippen molar-refractivity contribution in [1.29, 1.82) is 0 Å². The Balaban J connectivity index is 1.35.